The number of rotatable bonds is 6. The van der Waals surface area contributed by atoms with Crippen LogP contribution in [0.15, 0.2) is 47.2 Å². The monoisotopic (exact) mass is 344 g/mol. The molecule has 1 aromatic heterocycles. The Hall–Kier alpha value is -1.83. The number of nitrogens with zero attached hydrogens (tertiary/aromatic N) is 1. The second-order valence-electron chi connectivity index (χ2n) is 4.63. The Morgan fingerprint density at radius 1 is 1.33 bits per heavy atom. The summed E-state index contributed by atoms with van der Waals surface area (Å²) < 4.78 is 6.59. The smallest absolute Gasteiger partial charge is 0.148 e. The second kappa shape index (κ2) is 7.82. The largest absolute Gasteiger partial charge is 0.481 e. The molecule has 0 amide bonds. The Morgan fingerprint density at radius 3 is 2.81 bits per heavy atom. The Bertz CT molecular complexity index is 622. The topological polar surface area (TPSA) is 34.1 Å². The zero-order valence-electron chi connectivity index (χ0n) is 11.8. The molecule has 0 aliphatic rings. The maximum Gasteiger partial charge on any atom is 0.148 e. The lowest BCUT2D eigenvalue weighted by atomic mass is 10.1. The quantitative estimate of drug-likeness (QED) is 0.811. The van der Waals surface area contributed by atoms with Gasteiger partial charge >= 0.3 is 0 Å². The number of benzene rings is 1. The van der Waals surface area contributed by atoms with E-state index in [1.54, 1.807) is 12.4 Å². The van der Waals surface area contributed by atoms with Gasteiger partial charge in [-0.2, -0.15) is 0 Å². The van der Waals surface area contributed by atoms with Crippen LogP contribution in [0.25, 0.3) is 0 Å². The van der Waals surface area contributed by atoms with Crippen LogP contribution < -0.4 is 10.1 Å². The highest BCUT2D eigenvalue weighted by Gasteiger charge is 2.08. The van der Waals surface area contributed by atoms with Crippen LogP contribution in [-0.2, 0) is 6.54 Å². The van der Waals surface area contributed by atoms with E-state index in [2.05, 4.69) is 39.1 Å². The van der Waals surface area contributed by atoms with Gasteiger partial charge in [-0.15, -0.1) is 6.42 Å². The third kappa shape index (κ3) is 4.59. The van der Waals surface area contributed by atoms with Gasteiger partial charge in [0.25, 0.3) is 0 Å². The number of pyridine rings is 1. The summed E-state index contributed by atoms with van der Waals surface area (Å²) in [4.78, 5) is 4.03. The predicted octanol–water partition coefficient (Wildman–Crippen LogP) is 3.71. The third-order valence-corrected chi connectivity index (χ3v) is 3.63. The van der Waals surface area contributed by atoms with E-state index in [-0.39, 0.29) is 12.6 Å². The summed E-state index contributed by atoms with van der Waals surface area (Å²) in [6.07, 6.45) is 8.85. The molecule has 0 saturated heterocycles. The van der Waals surface area contributed by atoms with Crippen LogP contribution >= 0.6 is 15.9 Å². The summed E-state index contributed by atoms with van der Waals surface area (Å²) in [6, 6.07) is 10.2. The van der Waals surface area contributed by atoms with Crippen molar-refractivity contribution < 1.29 is 4.74 Å². The molecule has 0 spiro atoms. The van der Waals surface area contributed by atoms with Crippen molar-refractivity contribution in [2.45, 2.75) is 19.5 Å². The van der Waals surface area contributed by atoms with E-state index < -0.39 is 0 Å². The highest BCUT2D eigenvalue weighted by atomic mass is 79.9. The van der Waals surface area contributed by atoms with Gasteiger partial charge in [-0.05, 0) is 42.8 Å². The lowest BCUT2D eigenvalue weighted by molar-refractivity contribution is 0.364. The van der Waals surface area contributed by atoms with Gasteiger partial charge in [0.2, 0.25) is 0 Å². The molecule has 3 nitrogen and oxygen atoms in total. The Balaban J connectivity index is 2.05. The van der Waals surface area contributed by atoms with Crippen molar-refractivity contribution in [3.63, 3.8) is 0 Å². The Morgan fingerprint density at radius 2 is 2.10 bits per heavy atom. The maximum atomic E-state index is 5.57. The molecule has 0 fully saturated rings. The standard InChI is InChI=1S/C17H17BrN2O/c1-3-10-21-17-5-4-16(18)11-15(17)12-20-13(2)14-6-8-19-9-7-14/h1,4-9,11,13,20H,10,12H2,2H3/t13-/m0/s1. The first-order valence-corrected chi connectivity index (χ1v) is 7.48. The van der Waals surface area contributed by atoms with Gasteiger partial charge in [-0.3, -0.25) is 4.98 Å². The van der Waals surface area contributed by atoms with Crippen LogP contribution in [0.5, 0.6) is 5.75 Å². The molecule has 108 valence electrons. The number of nitrogens with one attached hydrogen (secondary N) is 1. The molecule has 4 heteroatoms. The zero-order valence-corrected chi connectivity index (χ0v) is 13.4. The van der Waals surface area contributed by atoms with Gasteiger partial charge < -0.3 is 10.1 Å². The third-order valence-electron chi connectivity index (χ3n) is 3.14. The molecule has 0 bridgehead atoms. The Labute approximate surface area is 133 Å². The first-order chi connectivity index (χ1) is 10.2. The normalized spacial score (nSPS) is 11.7. The highest BCUT2D eigenvalue weighted by Crippen LogP contribution is 2.24. The van der Waals surface area contributed by atoms with Crippen molar-refractivity contribution in [2.24, 2.45) is 0 Å². The molecule has 1 atom stereocenters. The summed E-state index contributed by atoms with van der Waals surface area (Å²) in [5.74, 6) is 3.30. The number of hydrogen-bond donors (Lipinski definition) is 1. The number of terminal acetylenes is 1. The predicted molar refractivity (Wildman–Crippen MR) is 88.0 cm³/mol. The average molecular weight is 345 g/mol. The first kappa shape index (κ1) is 15.6. The summed E-state index contributed by atoms with van der Waals surface area (Å²) in [6.45, 7) is 3.09. The number of hydrogen-bond acceptors (Lipinski definition) is 3. The van der Waals surface area contributed by atoms with E-state index in [0.717, 1.165) is 15.8 Å². The summed E-state index contributed by atoms with van der Waals surface area (Å²) in [5, 5.41) is 3.48. The van der Waals surface area contributed by atoms with Gasteiger partial charge in [-0.25, -0.2) is 0 Å². The van der Waals surface area contributed by atoms with Gasteiger partial charge in [0.05, 0.1) is 0 Å². The zero-order chi connectivity index (χ0) is 15.1. The SMILES string of the molecule is C#CCOc1ccc(Br)cc1CN[C@@H](C)c1ccncc1. The van der Waals surface area contributed by atoms with Crippen LogP contribution in [0.4, 0.5) is 0 Å². The molecular weight excluding hydrogens is 328 g/mol. The Kier molecular flexibility index (Phi) is 5.79. The van der Waals surface area contributed by atoms with Crippen molar-refractivity contribution in [3.8, 4) is 18.1 Å². The number of aromatic nitrogens is 1. The number of ether oxygens (including phenoxy) is 1. The van der Waals surface area contributed by atoms with Crippen molar-refractivity contribution in [3.05, 3.63) is 58.3 Å². The van der Waals surface area contributed by atoms with Gasteiger partial charge in [-0.1, -0.05) is 21.9 Å². The molecule has 0 aliphatic carbocycles. The summed E-state index contributed by atoms with van der Waals surface area (Å²) in [5.41, 5.74) is 2.27. The van der Waals surface area contributed by atoms with Crippen LogP contribution in [0.2, 0.25) is 0 Å². The average Bonchev–Trinajstić information content (AvgIpc) is 2.52. The van der Waals surface area contributed by atoms with Crippen molar-refractivity contribution in [1.29, 1.82) is 0 Å². The minimum absolute atomic E-state index is 0.229. The minimum Gasteiger partial charge on any atom is -0.481 e. The van der Waals surface area contributed by atoms with E-state index in [9.17, 15) is 0 Å². The summed E-state index contributed by atoms with van der Waals surface area (Å²) >= 11 is 3.48. The molecule has 0 saturated carbocycles. The van der Waals surface area contributed by atoms with Gasteiger partial charge in [0, 0.05) is 35.0 Å². The highest BCUT2D eigenvalue weighted by molar-refractivity contribution is 9.10. The molecule has 1 N–H and O–H groups in total. The van der Waals surface area contributed by atoms with Gasteiger partial charge in [0.15, 0.2) is 0 Å². The molecule has 0 aliphatic heterocycles. The van der Waals surface area contributed by atoms with Crippen LogP contribution in [0, 0.1) is 12.3 Å². The molecular formula is C17H17BrN2O. The molecule has 1 heterocycles. The minimum atomic E-state index is 0.229. The van der Waals surface area contributed by atoms with E-state index in [4.69, 9.17) is 11.2 Å². The fraction of sp³-hybridized carbons (Fsp3) is 0.235. The van der Waals surface area contributed by atoms with Crippen molar-refractivity contribution >= 4 is 15.9 Å². The molecule has 21 heavy (non-hydrogen) atoms. The van der Waals surface area contributed by atoms with E-state index in [1.807, 2.05) is 30.3 Å². The second-order valence-corrected chi connectivity index (χ2v) is 5.54. The van der Waals surface area contributed by atoms with Crippen LogP contribution in [0.1, 0.15) is 24.1 Å². The number of halogens is 1. The van der Waals surface area contributed by atoms with E-state index in [1.165, 1.54) is 5.56 Å². The molecule has 2 rings (SSSR count). The van der Waals surface area contributed by atoms with Crippen LogP contribution in [-0.4, -0.2) is 11.6 Å². The molecule has 1 aromatic carbocycles. The molecule has 2 aromatic rings. The van der Waals surface area contributed by atoms with Crippen molar-refractivity contribution in [2.75, 3.05) is 6.61 Å². The van der Waals surface area contributed by atoms with Gasteiger partial charge in [0.1, 0.15) is 12.4 Å². The fourth-order valence-corrected chi connectivity index (χ4v) is 2.39. The lowest BCUT2D eigenvalue weighted by Gasteiger charge is -2.16. The lowest BCUT2D eigenvalue weighted by Crippen LogP contribution is -2.18. The first-order valence-electron chi connectivity index (χ1n) is 6.68. The molecule has 0 unspecified atom stereocenters. The summed E-state index contributed by atoms with van der Waals surface area (Å²) in [7, 11) is 0. The van der Waals surface area contributed by atoms with Crippen molar-refractivity contribution in [1.82, 2.24) is 10.3 Å². The fourth-order valence-electron chi connectivity index (χ4n) is 1.98. The maximum absolute atomic E-state index is 5.57. The van der Waals surface area contributed by atoms with E-state index >= 15 is 0 Å². The van der Waals surface area contributed by atoms with Crippen LogP contribution in [0.3, 0.4) is 0 Å². The molecule has 0 radical (unpaired) electrons. The van der Waals surface area contributed by atoms with E-state index in [0.29, 0.717) is 6.54 Å².